The third-order valence-corrected chi connectivity index (χ3v) is 11.2. The van der Waals surface area contributed by atoms with Crippen molar-refractivity contribution in [2.24, 2.45) is 10.4 Å². The highest BCUT2D eigenvalue weighted by Gasteiger charge is 2.57. The fourth-order valence-corrected chi connectivity index (χ4v) is 9.29. The number of aryl methyl sites for hydroxylation is 1. The highest BCUT2D eigenvalue weighted by Crippen LogP contribution is 2.68. The molecule has 2 nitrogen and oxygen atoms in total. The number of hydrogen-bond acceptors (Lipinski definition) is 2. The molecule has 36 heavy (non-hydrogen) atoms. The highest BCUT2D eigenvalue weighted by atomic mass is 31.1. The summed E-state index contributed by atoms with van der Waals surface area (Å²) in [6, 6.07) is 19.5. The van der Waals surface area contributed by atoms with E-state index in [4.69, 9.17) is 4.99 Å². The third-order valence-electron chi connectivity index (χ3n) is 7.93. The lowest BCUT2D eigenvalue weighted by molar-refractivity contribution is 0.252. The first kappa shape index (κ1) is 26.9. The molecule has 2 atom stereocenters. The lowest BCUT2D eigenvalue weighted by Crippen LogP contribution is -2.44. The molecule has 3 heteroatoms. The summed E-state index contributed by atoms with van der Waals surface area (Å²) in [5.41, 5.74) is 4.99. The van der Waals surface area contributed by atoms with E-state index in [0.29, 0.717) is 5.75 Å². The molecular formula is C33H44NOP. The molecule has 0 radical (unpaired) electrons. The Morgan fingerprint density at radius 2 is 1.47 bits per heavy atom. The van der Waals surface area contributed by atoms with E-state index in [0.717, 1.165) is 29.4 Å². The average molecular weight is 502 g/mol. The lowest BCUT2D eigenvalue weighted by atomic mass is 9.60. The number of nitrogens with zero attached hydrogens (tertiary/aromatic N) is 1. The van der Waals surface area contributed by atoms with E-state index in [1.54, 1.807) is 0 Å². The van der Waals surface area contributed by atoms with Crippen LogP contribution in [-0.4, -0.2) is 21.9 Å². The zero-order chi connectivity index (χ0) is 26.7. The summed E-state index contributed by atoms with van der Waals surface area (Å²) >= 11 is 0. The Hall–Kier alpha value is -2.18. The number of aromatic hydroxyl groups is 1. The molecule has 3 aromatic carbocycles. The summed E-state index contributed by atoms with van der Waals surface area (Å²) in [6.07, 6.45) is 2.13. The van der Waals surface area contributed by atoms with Crippen molar-refractivity contribution in [3.63, 3.8) is 0 Å². The molecular weight excluding hydrogens is 457 g/mol. The van der Waals surface area contributed by atoms with Gasteiger partial charge in [-0.3, -0.25) is 4.99 Å². The van der Waals surface area contributed by atoms with E-state index in [-0.39, 0.29) is 21.4 Å². The molecule has 0 spiro atoms. The standard InChI is InChI=1S/C33H44NOP/c1-22-19-26(30(2,3)4)28(35)27(20-22)33(31(5,6)7)17-18-36(32(8,9)10)29(33)34-25-16-15-23-13-11-12-14-24(23)21-25/h11-16,19-21,35H,17-18H2,1-10H3. The van der Waals surface area contributed by atoms with E-state index in [1.165, 1.54) is 21.8 Å². The van der Waals surface area contributed by atoms with Crippen molar-refractivity contribution in [2.45, 2.75) is 91.6 Å². The van der Waals surface area contributed by atoms with Gasteiger partial charge in [0.25, 0.3) is 0 Å². The minimum atomic E-state index is -0.513. The van der Waals surface area contributed by atoms with Crippen molar-refractivity contribution in [1.29, 1.82) is 0 Å². The molecule has 1 aliphatic heterocycles. The van der Waals surface area contributed by atoms with Gasteiger partial charge >= 0.3 is 0 Å². The summed E-state index contributed by atoms with van der Waals surface area (Å²) in [6.45, 7) is 22.8. The first-order valence-corrected chi connectivity index (χ1v) is 14.8. The van der Waals surface area contributed by atoms with Gasteiger partial charge in [-0.2, -0.15) is 0 Å². The molecule has 2 unspecified atom stereocenters. The van der Waals surface area contributed by atoms with Crippen LogP contribution in [0.15, 0.2) is 59.6 Å². The molecule has 1 aliphatic rings. The maximum absolute atomic E-state index is 11.9. The second-order valence-electron chi connectivity index (χ2n) is 13.7. The van der Waals surface area contributed by atoms with Crippen molar-refractivity contribution in [1.82, 2.24) is 0 Å². The number of fused-ring (bicyclic) bond motifs is 1. The summed E-state index contributed by atoms with van der Waals surface area (Å²) in [5, 5.41) is 14.5. The van der Waals surface area contributed by atoms with Crippen LogP contribution in [0.4, 0.5) is 5.69 Å². The van der Waals surface area contributed by atoms with Crippen molar-refractivity contribution in [3.05, 3.63) is 71.3 Å². The van der Waals surface area contributed by atoms with Gasteiger partial charge in [0, 0.05) is 11.0 Å². The number of phenolic OH excluding ortho intramolecular Hbond substituents is 1. The fraction of sp³-hybridized carbons (Fsp3) is 0.485. The number of hydrogen-bond donors (Lipinski definition) is 1. The van der Waals surface area contributed by atoms with Gasteiger partial charge in [-0.1, -0.05) is 118 Å². The summed E-state index contributed by atoms with van der Waals surface area (Å²) < 4.78 is 0. The second-order valence-corrected chi connectivity index (χ2v) is 16.7. The molecule has 0 amide bonds. The molecule has 0 bridgehead atoms. The Morgan fingerprint density at radius 3 is 2.06 bits per heavy atom. The van der Waals surface area contributed by atoms with Gasteiger partial charge in [-0.25, -0.2) is 0 Å². The number of phenols is 1. The molecule has 1 heterocycles. The molecule has 192 valence electrons. The number of rotatable bonds is 2. The maximum Gasteiger partial charge on any atom is 0.123 e. The van der Waals surface area contributed by atoms with Crippen molar-refractivity contribution < 1.29 is 5.11 Å². The van der Waals surface area contributed by atoms with Gasteiger partial charge in [-0.05, 0) is 64.0 Å². The highest BCUT2D eigenvalue weighted by molar-refractivity contribution is 7.77. The quantitative estimate of drug-likeness (QED) is 0.348. The van der Waals surface area contributed by atoms with E-state index in [2.05, 4.69) is 124 Å². The van der Waals surface area contributed by atoms with Crippen molar-refractivity contribution in [2.75, 3.05) is 6.16 Å². The monoisotopic (exact) mass is 501 g/mol. The first-order valence-electron chi connectivity index (χ1n) is 13.3. The SMILES string of the molecule is Cc1cc(C(C)(C)C)c(O)c(C2(C(C)(C)C)CCP(C(C)(C)C)C2=Nc2ccc3ccccc3c2)c1. The minimum absolute atomic E-state index is 0.120. The average Bonchev–Trinajstić information content (AvgIpc) is 3.14. The van der Waals surface area contributed by atoms with E-state index >= 15 is 0 Å². The third kappa shape index (κ3) is 4.63. The van der Waals surface area contributed by atoms with Gasteiger partial charge in [-0.15, -0.1) is 0 Å². The second kappa shape index (κ2) is 8.98. The largest absolute Gasteiger partial charge is 0.507 e. The van der Waals surface area contributed by atoms with Crippen LogP contribution < -0.4 is 0 Å². The molecule has 1 saturated heterocycles. The van der Waals surface area contributed by atoms with Crippen LogP contribution in [0.25, 0.3) is 10.8 Å². The Kier molecular flexibility index (Phi) is 6.71. The van der Waals surface area contributed by atoms with E-state index in [9.17, 15) is 5.11 Å². The summed E-state index contributed by atoms with van der Waals surface area (Å²) in [5.74, 6) is 0.458. The van der Waals surface area contributed by atoms with Crippen LogP contribution in [0, 0.1) is 12.3 Å². The molecule has 3 aromatic rings. The Bertz CT molecular complexity index is 1320. The normalized spacial score (nSPS) is 22.5. The van der Waals surface area contributed by atoms with Crippen molar-refractivity contribution in [3.8, 4) is 5.75 Å². The van der Waals surface area contributed by atoms with Crippen LogP contribution in [0.2, 0.25) is 0 Å². The predicted octanol–water partition coefficient (Wildman–Crippen LogP) is 9.85. The van der Waals surface area contributed by atoms with Crippen LogP contribution >= 0.6 is 7.92 Å². The summed E-state index contributed by atoms with van der Waals surface area (Å²) in [7, 11) is -0.513. The van der Waals surface area contributed by atoms with Crippen LogP contribution in [0.5, 0.6) is 5.75 Å². The Labute approximate surface area is 220 Å². The Morgan fingerprint density at radius 1 is 0.833 bits per heavy atom. The summed E-state index contributed by atoms with van der Waals surface area (Å²) in [4.78, 5) is 5.55. The lowest BCUT2D eigenvalue weighted by Gasteiger charge is -2.45. The fourth-order valence-electron chi connectivity index (χ4n) is 5.95. The molecule has 0 aromatic heterocycles. The van der Waals surface area contributed by atoms with Crippen LogP contribution in [0.3, 0.4) is 0 Å². The first-order chi connectivity index (χ1) is 16.6. The maximum atomic E-state index is 11.9. The molecule has 0 aliphatic carbocycles. The molecule has 4 rings (SSSR count). The Balaban J connectivity index is 2.06. The number of aliphatic imine (C=N–C) groups is 1. The zero-order valence-electron chi connectivity index (χ0n) is 24.0. The molecule has 1 N–H and O–H groups in total. The zero-order valence-corrected chi connectivity index (χ0v) is 24.8. The number of benzene rings is 3. The predicted molar refractivity (Wildman–Crippen MR) is 160 cm³/mol. The van der Waals surface area contributed by atoms with E-state index in [1.807, 2.05) is 0 Å². The van der Waals surface area contributed by atoms with Gasteiger partial charge in [0.15, 0.2) is 0 Å². The smallest absolute Gasteiger partial charge is 0.123 e. The topological polar surface area (TPSA) is 32.6 Å². The van der Waals surface area contributed by atoms with Gasteiger partial charge in [0.05, 0.1) is 11.1 Å². The van der Waals surface area contributed by atoms with Gasteiger partial charge in [0.2, 0.25) is 0 Å². The van der Waals surface area contributed by atoms with Gasteiger partial charge in [0.1, 0.15) is 5.75 Å². The molecule has 0 saturated carbocycles. The molecule has 1 fully saturated rings. The van der Waals surface area contributed by atoms with E-state index < -0.39 is 7.92 Å². The van der Waals surface area contributed by atoms with Crippen molar-refractivity contribution >= 4 is 29.8 Å². The van der Waals surface area contributed by atoms with Crippen LogP contribution in [-0.2, 0) is 10.8 Å². The van der Waals surface area contributed by atoms with Crippen LogP contribution in [0.1, 0.15) is 85.4 Å². The van der Waals surface area contributed by atoms with Gasteiger partial charge < -0.3 is 5.11 Å². The minimum Gasteiger partial charge on any atom is -0.507 e.